The first-order valence-corrected chi connectivity index (χ1v) is 8.04. The number of aliphatic imine (C=N–C) groups is 1. The second-order valence-corrected chi connectivity index (χ2v) is 5.38. The maximum Gasteiger partial charge on any atom is 0.193 e. The van der Waals surface area contributed by atoms with Crippen LogP contribution in [0.5, 0.6) is 0 Å². The van der Waals surface area contributed by atoms with Crippen molar-refractivity contribution in [3.8, 4) is 0 Å². The van der Waals surface area contributed by atoms with E-state index in [1.165, 1.54) is 29.8 Å². The number of rotatable bonds is 7. The van der Waals surface area contributed by atoms with E-state index in [0.29, 0.717) is 0 Å². The quantitative estimate of drug-likeness (QED) is 0.620. The van der Waals surface area contributed by atoms with E-state index in [-0.39, 0.29) is 0 Å². The van der Waals surface area contributed by atoms with Crippen LogP contribution in [-0.2, 0) is 26.4 Å². The molecule has 0 atom stereocenters. The lowest BCUT2D eigenvalue weighted by Gasteiger charge is -2.22. The van der Waals surface area contributed by atoms with Crippen LogP contribution in [0.2, 0.25) is 0 Å². The van der Waals surface area contributed by atoms with Gasteiger partial charge in [-0.3, -0.25) is 9.67 Å². The lowest BCUT2D eigenvalue weighted by atomic mass is 10.1. The van der Waals surface area contributed by atoms with E-state index >= 15 is 0 Å². The van der Waals surface area contributed by atoms with Crippen LogP contribution in [0, 0.1) is 0 Å². The summed E-state index contributed by atoms with van der Waals surface area (Å²) >= 11 is 0. The molecule has 0 fully saturated rings. The standard InChI is InChI=1S/C16H31N5/c1-7-10-11-20(5)16(17-4)18-12-13-14(8-2)19-21(6)15(13)9-3/h7-12H2,1-6H3,(H,17,18). The molecule has 0 unspecified atom stereocenters. The van der Waals surface area contributed by atoms with Gasteiger partial charge in [0.05, 0.1) is 5.69 Å². The largest absolute Gasteiger partial charge is 0.352 e. The number of nitrogens with zero attached hydrogens (tertiary/aromatic N) is 4. The van der Waals surface area contributed by atoms with E-state index in [0.717, 1.165) is 31.9 Å². The monoisotopic (exact) mass is 293 g/mol. The van der Waals surface area contributed by atoms with Crippen molar-refractivity contribution < 1.29 is 0 Å². The average Bonchev–Trinajstić information content (AvgIpc) is 2.80. The van der Waals surface area contributed by atoms with Crippen molar-refractivity contribution in [1.82, 2.24) is 20.0 Å². The van der Waals surface area contributed by atoms with Gasteiger partial charge in [-0.25, -0.2) is 0 Å². The maximum atomic E-state index is 4.62. The van der Waals surface area contributed by atoms with E-state index in [2.05, 4.69) is 48.1 Å². The lowest BCUT2D eigenvalue weighted by Crippen LogP contribution is -2.39. The summed E-state index contributed by atoms with van der Waals surface area (Å²) in [5.41, 5.74) is 3.83. The fraction of sp³-hybridized carbons (Fsp3) is 0.750. The molecule has 5 heteroatoms. The Morgan fingerprint density at radius 3 is 2.52 bits per heavy atom. The molecular weight excluding hydrogens is 262 g/mol. The maximum absolute atomic E-state index is 4.62. The Hall–Kier alpha value is -1.52. The molecule has 0 aliphatic rings. The average molecular weight is 293 g/mol. The minimum Gasteiger partial charge on any atom is -0.352 e. The number of nitrogens with one attached hydrogen (secondary N) is 1. The summed E-state index contributed by atoms with van der Waals surface area (Å²) in [6.07, 6.45) is 4.36. The molecule has 1 aromatic heterocycles. The van der Waals surface area contributed by atoms with Gasteiger partial charge in [0.15, 0.2) is 5.96 Å². The zero-order valence-corrected chi connectivity index (χ0v) is 14.5. The van der Waals surface area contributed by atoms with E-state index in [1.54, 1.807) is 0 Å². The molecule has 0 radical (unpaired) electrons. The van der Waals surface area contributed by atoms with Crippen LogP contribution in [0.4, 0.5) is 0 Å². The molecule has 0 aromatic carbocycles. The third kappa shape index (κ3) is 4.48. The molecule has 120 valence electrons. The minimum atomic E-state index is 0.795. The van der Waals surface area contributed by atoms with Gasteiger partial charge in [-0.2, -0.15) is 5.10 Å². The van der Waals surface area contributed by atoms with Crippen molar-refractivity contribution in [3.05, 3.63) is 17.0 Å². The molecule has 0 saturated heterocycles. The van der Waals surface area contributed by atoms with Gasteiger partial charge < -0.3 is 10.2 Å². The smallest absolute Gasteiger partial charge is 0.193 e. The molecule has 0 aliphatic heterocycles. The Morgan fingerprint density at radius 1 is 1.29 bits per heavy atom. The van der Waals surface area contributed by atoms with Crippen molar-refractivity contribution in [1.29, 1.82) is 0 Å². The van der Waals surface area contributed by atoms with Gasteiger partial charge in [-0.05, 0) is 19.3 Å². The summed E-state index contributed by atoms with van der Waals surface area (Å²) < 4.78 is 2.01. The van der Waals surface area contributed by atoms with E-state index < -0.39 is 0 Å². The topological polar surface area (TPSA) is 45.4 Å². The number of hydrogen-bond donors (Lipinski definition) is 1. The summed E-state index contributed by atoms with van der Waals surface area (Å²) in [6.45, 7) is 8.38. The van der Waals surface area contributed by atoms with Gasteiger partial charge in [-0.1, -0.05) is 27.2 Å². The number of hydrogen-bond acceptors (Lipinski definition) is 2. The van der Waals surface area contributed by atoms with Gasteiger partial charge in [0, 0.05) is 45.5 Å². The molecule has 1 aromatic rings. The van der Waals surface area contributed by atoms with Crippen molar-refractivity contribution in [2.75, 3.05) is 20.6 Å². The molecule has 21 heavy (non-hydrogen) atoms. The molecule has 0 spiro atoms. The van der Waals surface area contributed by atoms with Crippen LogP contribution in [-0.4, -0.2) is 41.3 Å². The highest BCUT2D eigenvalue weighted by atomic mass is 15.3. The Labute approximate surface area is 129 Å². The second-order valence-electron chi connectivity index (χ2n) is 5.38. The van der Waals surface area contributed by atoms with Crippen molar-refractivity contribution in [2.45, 2.75) is 53.0 Å². The molecule has 1 rings (SSSR count). The van der Waals surface area contributed by atoms with Gasteiger partial charge in [0.2, 0.25) is 0 Å². The Bertz CT molecular complexity index is 461. The first-order valence-electron chi connectivity index (χ1n) is 8.04. The van der Waals surface area contributed by atoms with Gasteiger partial charge in [0.25, 0.3) is 0 Å². The van der Waals surface area contributed by atoms with Crippen molar-refractivity contribution in [2.24, 2.45) is 12.0 Å². The third-order valence-corrected chi connectivity index (χ3v) is 3.87. The van der Waals surface area contributed by atoms with E-state index in [9.17, 15) is 0 Å². The number of guanidine groups is 1. The zero-order valence-electron chi connectivity index (χ0n) is 14.5. The molecule has 0 bridgehead atoms. The Balaban J connectivity index is 2.77. The SMILES string of the molecule is CCCCN(C)C(=NC)NCc1c(CC)nn(C)c1CC. The van der Waals surface area contributed by atoms with E-state index in [1.807, 2.05) is 18.8 Å². The van der Waals surface area contributed by atoms with Gasteiger partial charge in [-0.15, -0.1) is 0 Å². The van der Waals surface area contributed by atoms with Crippen molar-refractivity contribution >= 4 is 5.96 Å². The zero-order chi connectivity index (χ0) is 15.8. The number of aryl methyl sites for hydroxylation is 2. The van der Waals surface area contributed by atoms with Gasteiger partial charge in [0.1, 0.15) is 0 Å². The minimum absolute atomic E-state index is 0.795. The molecule has 0 saturated carbocycles. The van der Waals surface area contributed by atoms with Crippen LogP contribution in [0.15, 0.2) is 4.99 Å². The first-order chi connectivity index (χ1) is 10.1. The fourth-order valence-corrected chi connectivity index (χ4v) is 2.65. The van der Waals surface area contributed by atoms with E-state index in [4.69, 9.17) is 0 Å². The Kier molecular flexibility index (Phi) is 7.26. The van der Waals surface area contributed by atoms with Crippen LogP contribution in [0.1, 0.15) is 50.6 Å². The highest BCUT2D eigenvalue weighted by Gasteiger charge is 2.14. The Morgan fingerprint density at radius 2 is 2.00 bits per heavy atom. The normalized spacial score (nSPS) is 11.8. The predicted octanol–water partition coefficient (Wildman–Crippen LogP) is 2.35. The third-order valence-electron chi connectivity index (χ3n) is 3.87. The van der Waals surface area contributed by atoms with Crippen LogP contribution in [0.3, 0.4) is 0 Å². The highest BCUT2D eigenvalue weighted by Crippen LogP contribution is 2.15. The molecule has 0 aliphatic carbocycles. The summed E-state index contributed by atoms with van der Waals surface area (Å²) in [6, 6.07) is 0. The molecule has 1 heterocycles. The summed E-state index contributed by atoms with van der Waals surface area (Å²) in [5, 5.41) is 8.10. The molecule has 5 nitrogen and oxygen atoms in total. The number of aromatic nitrogens is 2. The lowest BCUT2D eigenvalue weighted by molar-refractivity contribution is 0.464. The molecular formula is C16H31N5. The summed E-state index contributed by atoms with van der Waals surface area (Å²) in [4.78, 5) is 6.57. The number of unbranched alkanes of at least 4 members (excludes halogenated alkanes) is 1. The van der Waals surface area contributed by atoms with Crippen molar-refractivity contribution in [3.63, 3.8) is 0 Å². The predicted molar refractivity (Wildman–Crippen MR) is 89.7 cm³/mol. The molecule has 0 amide bonds. The first kappa shape index (κ1) is 17.5. The van der Waals surface area contributed by atoms with Crippen LogP contribution < -0.4 is 5.32 Å². The van der Waals surface area contributed by atoms with Crippen LogP contribution >= 0.6 is 0 Å². The highest BCUT2D eigenvalue weighted by molar-refractivity contribution is 5.79. The van der Waals surface area contributed by atoms with Crippen LogP contribution in [0.25, 0.3) is 0 Å². The summed E-state index contributed by atoms with van der Waals surface area (Å²) in [5.74, 6) is 0.955. The van der Waals surface area contributed by atoms with Gasteiger partial charge >= 0.3 is 0 Å². The molecule has 1 N–H and O–H groups in total. The fourth-order valence-electron chi connectivity index (χ4n) is 2.65. The second kappa shape index (κ2) is 8.70. The summed E-state index contributed by atoms with van der Waals surface area (Å²) in [7, 11) is 5.97.